The van der Waals surface area contributed by atoms with Gasteiger partial charge >= 0.3 is 0 Å². The maximum absolute atomic E-state index is 5.17. The smallest absolute Gasteiger partial charge is 0.194 e. The number of benzene rings is 1. The van der Waals surface area contributed by atoms with Crippen molar-refractivity contribution in [2.24, 2.45) is 4.99 Å². The number of nitrogens with one attached hydrogen (secondary N) is 1. The lowest BCUT2D eigenvalue weighted by molar-refractivity contribution is 0.171. The lowest BCUT2D eigenvalue weighted by atomic mass is 10.2. The Morgan fingerprint density at radius 3 is 2.69 bits per heavy atom. The molecule has 158 valence electrons. The maximum atomic E-state index is 5.17. The van der Waals surface area contributed by atoms with Gasteiger partial charge in [0.15, 0.2) is 5.96 Å². The van der Waals surface area contributed by atoms with E-state index in [2.05, 4.69) is 67.1 Å². The Kier molecular flexibility index (Phi) is 8.45. The number of aliphatic imine (C=N–C) groups is 1. The van der Waals surface area contributed by atoms with Crippen molar-refractivity contribution in [2.45, 2.75) is 26.4 Å². The zero-order valence-electron chi connectivity index (χ0n) is 17.6. The Bertz CT molecular complexity index is 738. The summed E-state index contributed by atoms with van der Waals surface area (Å²) in [5, 5.41) is 11.7. The highest BCUT2D eigenvalue weighted by molar-refractivity contribution is 5.80. The van der Waals surface area contributed by atoms with Gasteiger partial charge < -0.3 is 19.5 Å². The number of hydrogen-bond donors (Lipinski definition) is 1. The molecule has 0 bridgehead atoms. The van der Waals surface area contributed by atoms with Gasteiger partial charge in [-0.05, 0) is 5.56 Å². The SMILES string of the molecule is CCc1nncn1CCNC(=NCCOC)N1CCN(Cc2ccccc2)CC1. The zero-order chi connectivity index (χ0) is 20.3. The Hall–Kier alpha value is -2.45. The molecule has 29 heavy (non-hydrogen) atoms. The molecule has 0 atom stereocenters. The highest BCUT2D eigenvalue weighted by Crippen LogP contribution is 2.08. The lowest BCUT2D eigenvalue weighted by Crippen LogP contribution is -2.52. The second-order valence-electron chi connectivity index (χ2n) is 7.17. The Morgan fingerprint density at radius 2 is 1.97 bits per heavy atom. The summed E-state index contributed by atoms with van der Waals surface area (Å²) in [6.45, 7) is 10.0. The number of guanidine groups is 1. The van der Waals surface area contributed by atoms with Crippen LogP contribution in [0.2, 0.25) is 0 Å². The first kappa shape index (κ1) is 21.3. The number of aryl methyl sites for hydroxylation is 1. The quantitative estimate of drug-likeness (QED) is 0.389. The van der Waals surface area contributed by atoms with Crippen LogP contribution in [0.5, 0.6) is 0 Å². The summed E-state index contributed by atoms with van der Waals surface area (Å²) in [6.07, 6.45) is 2.68. The van der Waals surface area contributed by atoms with Gasteiger partial charge in [-0.15, -0.1) is 10.2 Å². The maximum Gasteiger partial charge on any atom is 0.194 e. The van der Waals surface area contributed by atoms with Crippen molar-refractivity contribution in [1.82, 2.24) is 29.9 Å². The molecule has 2 heterocycles. The standard InChI is InChI=1S/C21H33N7O/c1-3-20-25-24-18-28(20)11-9-22-21(23-10-16-29-2)27-14-12-26(13-15-27)17-19-7-5-4-6-8-19/h4-8,18H,3,9-17H2,1-2H3,(H,22,23). The van der Waals surface area contributed by atoms with Gasteiger partial charge in [0, 0.05) is 59.3 Å². The van der Waals surface area contributed by atoms with E-state index >= 15 is 0 Å². The zero-order valence-corrected chi connectivity index (χ0v) is 17.6. The van der Waals surface area contributed by atoms with Crippen LogP contribution in [0.4, 0.5) is 0 Å². The fraction of sp³-hybridized carbons (Fsp3) is 0.571. The summed E-state index contributed by atoms with van der Waals surface area (Å²) >= 11 is 0. The van der Waals surface area contributed by atoms with Crippen molar-refractivity contribution >= 4 is 5.96 Å². The summed E-state index contributed by atoms with van der Waals surface area (Å²) < 4.78 is 7.27. The summed E-state index contributed by atoms with van der Waals surface area (Å²) in [5.74, 6) is 1.98. The number of aromatic nitrogens is 3. The molecule has 8 nitrogen and oxygen atoms in total. The third kappa shape index (κ3) is 6.54. The molecular weight excluding hydrogens is 366 g/mol. The number of ether oxygens (including phenoxy) is 1. The normalized spacial score (nSPS) is 15.7. The fourth-order valence-electron chi connectivity index (χ4n) is 3.50. The molecule has 3 rings (SSSR count). The molecule has 1 aliphatic heterocycles. The van der Waals surface area contributed by atoms with E-state index in [1.807, 2.05) is 0 Å². The highest BCUT2D eigenvalue weighted by Gasteiger charge is 2.19. The van der Waals surface area contributed by atoms with Crippen LogP contribution < -0.4 is 5.32 Å². The average molecular weight is 400 g/mol. The Labute approximate surface area is 173 Å². The largest absolute Gasteiger partial charge is 0.383 e. The molecule has 8 heteroatoms. The van der Waals surface area contributed by atoms with Gasteiger partial charge in [0.25, 0.3) is 0 Å². The van der Waals surface area contributed by atoms with Crippen molar-refractivity contribution in [3.63, 3.8) is 0 Å². The molecule has 0 radical (unpaired) electrons. The van der Waals surface area contributed by atoms with Gasteiger partial charge in [-0.2, -0.15) is 0 Å². The van der Waals surface area contributed by atoms with Crippen molar-refractivity contribution in [3.05, 3.63) is 48.0 Å². The first-order valence-corrected chi connectivity index (χ1v) is 10.4. The summed E-state index contributed by atoms with van der Waals surface area (Å²) in [4.78, 5) is 9.61. The third-order valence-corrected chi connectivity index (χ3v) is 5.13. The monoisotopic (exact) mass is 399 g/mol. The molecule has 0 amide bonds. The molecule has 1 saturated heterocycles. The van der Waals surface area contributed by atoms with Crippen LogP contribution in [0.3, 0.4) is 0 Å². The Morgan fingerprint density at radius 1 is 1.17 bits per heavy atom. The van der Waals surface area contributed by atoms with E-state index in [0.29, 0.717) is 13.2 Å². The van der Waals surface area contributed by atoms with Crippen LogP contribution >= 0.6 is 0 Å². The van der Waals surface area contributed by atoms with Crippen LogP contribution in [-0.4, -0.2) is 83.5 Å². The summed E-state index contributed by atoms with van der Waals surface area (Å²) in [5.41, 5.74) is 1.37. The molecule has 0 spiro atoms. The molecule has 1 N–H and O–H groups in total. The van der Waals surface area contributed by atoms with Crippen LogP contribution in [0.1, 0.15) is 18.3 Å². The lowest BCUT2D eigenvalue weighted by Gasteiger charge is -2.36. The minimum Gasteiger partial charge on any atom is -0.383 e. The average Bonchev–Trinajstić information content (AvgIpc) is 3.22. The number of nitrogens with zero attached hydrogens (tertiary/aromatic N) is 6. The van der Waals surface area contributed by atoms with E-state index in [0.717, 1.165) is 64.0 Å². The van der Waals surface area contributed by atoms with Crippen LogP contribution in [0, 0.1) is 0 Å². The summed E-state index contributed by atoms with van der Waals surface area (Å²) in [6, 6.07) is 10.7. The number of piperazine rings is 1. The van der Waals surface area contributed by atoms with Crippen molar-refractivity contribution < 1.29 is 4.74 Å². The van der Waals surface area contributed by atoms with Crippen LogP contribution in [-0.2, 0) is 24.2 Å². The van der Waals surface area contributed by atoms with Gasteiger partial charge in [-0.3, -0.25) is 9.89 Å². The molecule has 2 aromatic rings. The van der Waals surface area contributed by atoms with Gasteiger partial charge in [-0.25, -0.2) is 0 Å². The minimum absolute atomic E-state index is 0.630. The van der Waals surface area contributed by atoms with E-state index in [1.165, 1.54) is 5.56 Å². The molecule has 0 unspecified atom stereocenters. The number of hydrogen-bond acceptors (Lipinski definition) is 5. The highest BCUT2D eigenvalue weighted by atomic mass is 16.5. The van der Waals surface area contributed by atoms with Crippen LogP contribution in [0.15, 0.2) is 41.7 Å². The molecular formula is C21H33N7O. The summed E-state index contributed by atoms with van der Waals surface area (Å²) in [7, 11) is 1.71. The van der Waals surface area contributed by atoms with E-state index < -0.39 is 0 Å². The predicted octanol–water partition coefficient (Wildman–Crippen LogP) is 1.25. The van der Waals surface area contributed by atoms with Crippen molar-refractivity contribution in [2.75, 3.05) is 53.0 Å². The topological polar surface area (TPSA) is 70.8 Å². The first-order valence-electron chi connectivity index (χ1n) is 10.4. The van der Waals surface area contributed by atoms with E-state index in [4.69, 9.17) is 9.73 Å². The Balaban J connectivity index is 1.51. The van der Waals surface area contributed by atoms with Gasteiger partial charge in [-0.1, -0.05) is 37.3 Å². The molecule has 0 aliphatic carbocycles. The van der Waals surface area contributed by atoms with Gasteiger partial charge in [0.1, 0.15) is 12.2 Å². The molecule has 1 aromatic heterocycles. The van der Waals surface area contributed by atoms with Gasteiger partial charge in [0.05, 0.1) is 13.2 Å². The molecule has 1 fully saturated rings. The van der Waals surface area contributed by atoms with Gasteiger partial charge in [0.2, 0.25) is 0 Å². The van der Waals surface area contributed by atoms with E-state index in [9.17, 15) is 0 Å². The third-order valence-electron chi connectivity index (χ3n) is 5.13. The number of rotatable bonds is 9. The minimum atomic E-state index is 0.630. The fourth-order valence-corrected chi connectivity index (χ4v) is 3.50. The van der Waals surface area contributed by atoms with Crippen molar-refractivity contribution in [3.8, 4) is 0 Å². The second-order valence-corrected chi connectivity index (χ2v) is 7.17. The molecule has 1 aliphatic rings. The second kappa shape index (κ2) is 11.5. The predicted molar refractivity (Wildman–Crippen MR) is 115 cm³/mol. The van der Waals surface area contributed by atoms with E-state index in [-0.39, 0.29) is 0 Å². The molecule has 0 saturated carbocycles. The first-order chi connectivity index (χ1) is 14.3. The molecule has 1 aromatic carbocycles. The van der Waals surface area contributed by atoms with Crippen LogP contribution in [0.25, 0.3) is 0 Å². The van der Waals surface area contributed by atoms with E-state index in [1.54, 1.807) is 13.4 Å². The van der Waals surface area contributed by atoms with Crippen molar-refractivity contribution in [1.29, 1.82) is 0 Å². The number of methoxy groups -OCH3 is 1.